The number of carbonyl (C=O) groups excluding carboxylic acids is 2. The molecule has 0 amide bonds. The van der Waals surface area contributed by atoms with Crippen LogP contribution in [0.25, 0.3) is 0 Å². The third kappa shape index (κ3) is 5.87. The molecule has 0 saturated carbocycles. The number of fused-ring (bicyclic) bond motifs is 1. The number of Topliss-reactive ketones (excluding diaryl/α,β-unsaturated/α-hetero) is 2. The van der Waals surface area contributed by atoms with Gasteiger partial charge in [0.05, 0.1) is 4.48 Å². The van der Waals surface area contributed by atoms with Gasteiger partial charge in [0, 0.05) is 17.7 Å². The molecule has 1 aliphatic rings. The van der Waals surface area contributed by atoms with Crippen LogP contribution in [0.15, 0.2) is 113 Å². The topological polar surface area (TPSA) is 64.6 Å². The van der Waals surface area contributed by atoms with Crippen LogP contribution in [0.1, 0.15) is 37.4 Å². The van der Waals surface area contributed by atoms with E-state index in [4.69, 9.17) is 9.47 Å². The summed E-state index contributed by atoms with van der Waals surface area (Å²) in [5, 5.41) is 3.17. The van der Waals surface area contributed by atoms with Crippen LogP contribution in [0.5, 0.6) is 11.5 Å². The van der Waals surface area contributed by atoms with Crippen molar-refractivity contribution in [2.45, 2.75) is 19.6 Å². The van der Waals surface area contributed by atoms with Crippen molar-refractivity contribution in [2.75, 3.05) is 6.54 Å². The standard InChI is InChI=1S/C32H26BrNO4/c33-29-30(32(36)26-14-8-7-13-25(26)31(29)35)34-18-17-22-15-16-27(37-20-23-9-3-1-4-10-23)28(19-22)38-21-24-11-5-2-6-12-24/h1-16,19,34H,17-18,20-21H2. The molecule has 0 unspecified atom stereocenters. The predicted molar refractivity (Wildman–Crippen MR) is 151 cm³/mol. The molecule has 0 atom stereocenters. The van der Waals surface area contributed by atoms with E-state index in [0.717, 1.165) is 16.7 Å². The summed E-state index contributed by atoms with van der Waals surface area (Å²) in [6.07, 6.45) is 0.619. The molecule has 0 radical (unpaired) electrons. The molecule has 1 N–H and O–H groups in total. The van der Waals surface area contributed by atoms with Gasteiger partial charge in [0.25, 0.3) is 0 Å². The first kappa shape index (κ1) is 25.5. The molecule has 190 valence electrons. The second kappa shape index (κ2) is 11.9. The summed E-state index contributed by atoms with van der Waals surface area (Å²) in [6, 6.07) is 32.7. The van der Waals surface area contributed by atoms with Gasteiger partial charge in [-0.3, -0.25) is 9.59 Å². The lowest BCUT2D eigenvalue weighted by Gasteiger charge is -2.19. The SMILES string of the molecule is O=C1C(Br)=C(NCCc2ccc(OCc3ccccc3)c(OCc3ccccc3)c2)C(=O)c2ccccc21. The lowest BCUT2D eigenvalue weighted by atomic mass is 9.92. The van der Waals surface area contributed by atoms with Gasteiger partial charge in [-0.25, -0.2) is 0 Å². The van der Waals surface area contributed by atoms with Crippen LogP contribution in [-0.4, -0.2) is 18.1 Å². The molecule has 0 heterocycles. The maximum Gasteiger partial charge on any atom is 0.210 e. The van der Waals surface area contributed by atoms with Crippen LogP contribution < -0.4 is 14.8 Å². The van der Waals surface area contributed by atoms with Crippen molar-refractivity contribution < 1.29 is 19.1 Å². The van der Waals surface area contributed by atoms with E-state index >= 15 is 0 Å². The molecule has 0 spiro atoms. The number of hydrogen-bond donors (Lipinski definition) is 1. The normalized spacial score (nSPS) is 12.8. The van der Waals surface area contributed by atoms with Gasteiger partial charge in [0.2, 0.25) is 11.6 Å². The summed E-state index contributed by atoms with van der Waals surface area (Å²) in [6.45, 7) is 1.32. The number of hydrogen-bond acceptors (Lipinski definition) is 5. The number of ether oxygens (including phenoxy) is 2. The minimum absolute atomic E-state index is 0.191. The quantitative estimate of drug-likeness (QED) is 0.232. The highest BCUT2D eigenvalue weighted by atomic mass is 79.9. The molecule has 6 heteroatoms. The average molecular weight is 568 g/mol. The van der Waals surface area contributed by atoms with Crippen LogP contribution in [0.3, 0.4) is 0 Å². The highest BCUT2D eigenvalue weighted by Crippen LogP contribution is 2.31. The fourth-order valence-electron chi connectivity index (χ4n) is 4.25. The lowest BCUT2D eigenvalue weighted by molar-refractivity contribution is 0.0976. The maximum atomic E-state index is 13.0. The molecule has 1 aliphatic carbocycles. The molecule has 0 aliphatic heterocycles. The molecule has 0 bridgehead atoms. The average Bonchev–Trinajstić information content (AvgIpc) is 2.97. The highest BCUT2D eigenvalue weighted by Gasteiger charge is 2.30. The van der Waals surface area contributed by atoms with E-state index < -0.39 is 0 Å². The Kier molecular flexibility index (Phi) is 8.00. The van der Waals surface area contributed by atoms with Crippen molar-refractivity contribution in [3.63, 3.8) is 0 Å². The monoisotopic (exact) mass is 567 g/mol. The second-order valence-electron chi connectivity index (χ2n) is 8.90. The Balaban J connectivity index is 1.29. The highest BCUT2D eigenvalue weighted by molar-refractivity contribution is 9.12. The first-order valence-electron chi connectivity index (χ1n) is 12.4. The van der Waals surface area contributed by atoms with Gasteiger partial charge in [0.15, 0.2) is 11.5 Å². The molecule has 4 aromatic carbocycles. The zero-order valence-electron chi connectivity index (χ0n) is 20.7. The van der Waals surface area contributed by atoms with Crippen LogP contribution in [-0.2, 0) is 19.6 Å². The number of ketones is 2. The van der Waals surface area contributed by atoms with Crippen molar-refractivity contribution in [3.8, 4) is 11.5 Å². The molecular formula is C32H26BrNO4. The van der Waals surface area contributed by atoms with Gasteiger partial charge < -0.3 is 14.8 Å². The Morgan fingerprint density at radius 3 is 1.79 bits per heavy atom. The Morgan fingerprint density at radius 1 is 0.605 bits per heavy atom. The number of nitrogens with one attached hydrogen (secondary N) is 1. The van der Waals surface area contributed by atoms with Crippen molar-refractivity contribution in [3.05, 3.63) is 141 Å². The Morgan fingerprint density at radius 2 is 1.16 bits per heavy atom. The second-order valence-corrected chi connectivity index (χ2v) is 9.69. The first-order chi connectivity index (χ1) is 18.6. The lowest BCUT2D eigenvalue weighted by Crippen LogP contribution is -2.30. The Hall–Kier alpha value is -4.16. The summed E-state index contributed by atoms with van der Waals surface area (Å²) in [5.41, 5.74) is 4.27. The molecular weight excluding hydrogens is 542 g/mol. The number of rotatable bonds is 10. The van der Waals surface area contributed by atoms with Crippen molar-refractivity contribution in [1.29, 1.82) is 0 Å². The fourth-order valence-corrected chi connectivity index (χ4v) is 4.78. The molecule has 5 rings (SSSR count). The van der Waals surface area contributed by atoms with Crippen molar-refractivity contribution in [1.82, 2.24) is 5.32 Å². The van der Waals surface area contributed by atoms with Crippen LogP contribution >= 0.6 is 15.9 Å². The number of halogens is 1. The first-order valence-corrected chi connectivity index (χ1v) is 13.2. The van der Waals surface area contributed by atoms with Crippen molar-refractivity contribution >= 4 is 27.5 Å². The van der Waals surface area contributed by atoms with E-state index in [0.29, 0.717) is 48.8 Å². The van der Waals surface area contributed by atoms with Gasteiger partial charge in [-0.15, -0.1) is 0 Å². The minimum Gasteiger partial charge on any atom is -0.485 e. The van der Waals surface area contributed by atoms with Gasteiger partial charge >= 0.3 is 0 Å². The zero-order chi connectivity index (χ0) is 26.3. The number of carbonyl (C=O) groups is 2. The number of benzene rings is 4. The third-order valence-corrected chi connectivity index (χ3v) is 7.02. The molecule has 38 heavy (non-hydrogen) atoms. The van der Waals surface area contributed by atoms with Crippen LogP contribution in [0.2, 0.25) is 0 Å². The maximum absolute atomic E-state index is 13.0. The summed E-state index contributed by atoms with van der Waals surface area (Å²) in [5.74, 6) is 0.931. The number of allylic oxidation sites excluding steroid dienone is 2. The molecule has 4 aromatic rings. The Bertz CT molecular complexity index is 1480. The van der Waals surface area contributed by atoms with Gasteiger partial charge in [-0.1, -0.05) is 91.0 Å². The molecule has 0 fully saturated rings. The predicted octanol–water partition coefficient (Wildman–Crippen LogP) is 6.66. The van der Waals surface area contributed by atoms with E-state index in [1.165, 1.54) is 0 Å². The van der Waals surface area contributed by atoms with Crippen LogP contribution in [0, 0.1) is 0 Å². The zero-order valence-corrected chi connectivity index (χ0v) is 22.2. The molecule has 0 aromatic heterocycles. The Labute approximate surface area is 230 Å². The van der Waals surface area contributed by atoms with E-state index in [1.807, 2.05) is 78.9 Å². The summed E-state index contributed by atoms with van der Waals surface area (Å²) >= 11 is 3.33. The van der Waals surface area contributed by atoms with E-state index in [9.17, 15) is 9.59 Å². The van der Waals surface area contributed by atoms with E-state index in [1.54, 1.807) is 24.3 Å². The van der Waals surface area contributed by atoms with Gasteiger partial charge in [-0.2, -0.15) is 0 Å². The summed E-state index contributed by atoms with van der Waals surface area (Å²) < 4.78 is 12.5. The van der Waals surface area contributed by atoms with Gasteiger partial charge in [-0.05, 0) is 51.2 Å². The van der Waals surface area contributed by atoms with E-state index in [-0.39, 0.29) is 21.7 Å². The largest absolute Gasteiger partial charge is 0.485 e. The fraction of sp³-hybridized carbons (Fsp3) is 0.125. The minimum atomic E-state index is -0.195. The van der Waals surface area contributed by atoms with Crippen LogP contribution in [0.4, 0.5) is 0 Å². The molecule has 0 saturated heterocycles. The smallest absolute Gasteiger partial charge is 0.210 e. The summed E-state index contributed by atoms with van der Waals surface area (Å²) in [7, 11) is 0. The van der Waals surface area contributed by atoms with Gasteiger partial charge in [0.1, 0.15) is 18.9 Å². The van der Waals surface area contributed by atoms with E-state index in [2.05, 4.69) is 21.2 Å². The molecule has 5 nitrogen and oxygen atoms in total. The summed E-state index contributed by atoms with van der Waals surface area (Å²) in [4.78, 5) is 25.7. The third-order valence-electron chi connectivity index (χ3n) is 6.26. The van der Waals surface area contributed by atoms with Crippen molar-refractivity contribution in [2.24, 2.45) is 0 Å².